The number of amides is 1. The predicted molar refractivity (Wildman–Crippen MR) is 117 cm³/mol. The molecule has 2 heterocycles. The lowest BCUT2D eigenvalue weighted by molar-refractivity contribution is 0.210. The molecule has 0 saturated carbocycles. The molecule has 0 radical (unpaired) electrons. The molecule has 2 N–H and O–H groups in total. The Morgan fingerprint density at radius 1 is 1.03 bits per heavy atom. The molecule has 2 aromatic heterocycles. The highest BCUT2D eigenvalue weighted by Gasteiger charge is 2.15. The van der Waals surface area contributed by atoms with E-state index in [9.17, 15) is 4.79 Å². The van der Waals surface area contributed by atoms with Crippen LogP contribution in [-0.2, 0) is 0 Å². The fourth-order valence-electron chi connectivity index (χ4n) is 3.15. The summed E-state index contributed by atoms with van der Waals surface area (Å²) in [5, 5.41) is 13.7. The molecule has 0 atom stereocenters. The van der Waals surface area contributed by atoms with Gasteiger partial charge in [0.1, 0.15) is 5.75 Å². The van der Waals surface area contributed by atoms with Gasteiger partial charge in [0.05, 0.1) is 16.9 Å². The summed E-state index contributed by atoms with van der Waals surface area (Å²) in [4.78, 5) is 24.3. The van der Waals surface area contributed by atoms with Crippen LogP contribution in [0.1, 0.15) is 5.56 Å². The summed E-state index contributed by atoms with van der Waals surface area (Å²) in [5.74, 6) is 1.02. The van der Waals surface area contributed by atoms with Crippen LogP contribution in [0.15, 0.2) is 66.1 Å². The van der Waals surface area contributed by atoms with Gasteiger partial charge in [0.15, 0.2) is 5.16 Å². The first-order chi connectivity index (χ1) is 14.6. The number of aryl methyl sites for hydroxylation is 1. The van der Waals surface area contributed by atoms with Crippen molar-refractivity contribution in [2.75, 3.05) is 11.6 Å². The number of hydrogen-bond donors (Lipinski definition) is 2. The SMILES string of the molecule is CSc1nccc(-c2cccnc2Oc2c(C)ccc3c(NC(=O)O)cccc23)n1. The van der Waals surface area contributed by atoms with Gasteiger partial charge < -0.3 is 9.84 Å². The minimum absolute atomic E-state index is 0.412. The second kappa shape index (κ2) is 8.38. The minimum Gasteiger partial charge on any atom is -0.465 e. The van der Waals surface area contributed by atoms with Crippen LogP contribution in [0.4, 0.5) is 10.5 Å². The van der Waals surface area contributed by atoms with Crippen LogP contribution in [-0.4, -0.2) is 32.4 Å². The summed E-state index contributed by atoms with van der Waals surface area (Å²) >= 11 is 1.46. The molecule has 0 aliphatic rings. The number of rotatable bonds is 5. The Labute approximate surface area is 177 Å². The van der Waals surface area contributed by atoms with E-state index in [0.29, 0.717) is 28.2 Å². The van der Waals surface area contributed by atoms with Gasteiger partial charge in [-0.05, 0) is 43.0 Å². The molecule has 4 rings (SSSR count). The third-order valence-electron chi connectivity index (χ3n) is 4.51. The lowest BCUT2D eigenvalue weighted by atomic mass is 10.0. The molecule has 0 bridgehead atoms. The van der Waals surface area contributed by atoms with E-state index in [1.165, 1.54) is 11.8 Å². The summed E-state index contributed by atoms with van der Waals surface area (Å²) in [7, 11) is 0. The average molecular weight is 418 g/mol. The molecule has 2 aromatic carbocycles. The summed E-state index contributed by atoms with van der Waals surface area (Å²) in [6.45, 7) is 1.94. The molecular formula is C22H18N4O3S. The van der Waals surface area contributed by atoms with Gasteiger partial charge in [0.2, 0.25) is 5.88 Å². The predicted octanol–water partition coefficient (Wildman–Crippen LogP) is 5.60. The van der Waals surface area contributed by atoms with E-state index in [0.717, 1.165) is 21.9 Å². The molecule has 30 heavy (non-hydrogen) atoms. The van der Waals surface area contributed by atoms with Gasteiger partial charge in [-0.1, -0.05) is 36.0 Å². The van der Waals surface area contributed by atoms with Crippen LogP contribution >= 0.6 is 11.8 Å². The molecule has 8 heteroatoms. The number of nitrogens with zero attached hydrogens (tertiary/aromatic N) is 3. The van der Waals surface area contributed by atoms with E-state index in [1.54, 1.807) is 24.5 Å². The Morgan fingerprint density at radius 3 is 2.70 bits per heavy atom. The first-order valence-electron chi connectivity index (χ1n) is 9.09. The molecular weight excluding hydrogens is 400 g/mol. The maximum atomic E-state index is 11.1. The molecule has 150 valence electrons. The second-order valence-corrected chi connectivity index (χ2v) is 7.20. The van der Waals surface area contributed by atoms with Crippen LogP contribution < -0.4 is 10.1 Å². The van der Waals surface area contributed by atoms with Crippen molar-refractivity contribution in [2.45, 2.75) is 12.1 Å². The normalized spacial score (nSPS) is 10.7. The number of ether oxygens (including phenoxy) is 1. The third-order valence-corrected chi connectivity index (χ3v) is 5.07. The van der Waals surface area contributed by atoms with E-state index >= 15 is 0 Å². The van der Waals surface area contributed by atoms with Gasteiger partial charge in [0.25, 0.3) is 0 Å². The lowest BCUT2D eigenvalue weighted by Crippen LogP contribution is -2.07. The summed E-state index contributed by atoms with van der Waals surface area (Å²) in [6, 6.07) is 14.7. The highest BCUT2D eigenvalue weighted by atomic mass is 32.2. The monoisotopic (exact) mass is 418 g/mol. The van der Waals surface area contributed by atoms with E-state index in [-0.39, 0.29) is 0 Å². The fraction of sp³-hybridized carbons (Fsp3) is 0.0909. The average Bonchev–Trinajstić information content (AvgIpc) is 2.76. The summed E-state index contributed by atoms with van der Waals surface area (Å²) in [6.07, 6.45) is 4.17. The van der Waals surface area contributed by atoms with Crippen LogP contribution in [0.3, 0.4) is 0 Å². The Hall–Kier alpha value is -3.65. The number of aromatic nitrogens is 3. The topological polar surface area (TPSA) is 97.2 Å². The number of carboxylic acid groups (broad SMARTS) is 1. The number of nitrogens with one attached hydrogen (secondary N) is 1. The van der Waals surface area contributed by atoms with Crippen molar-refractivity contribution in [3.05, 3.63) is 66.5 Å². The second-order valence-electron chi connectivity index (χ2n) is 6.43. The van der Waals surface area contributed by atoms with Crippen molar-refractivity contribution in [1.29, 1.82) is 0 Å². The molecule has 0 aliphatic heterocycles. The Bertz CT molecular complexity index is 1250. The molecule has 1 amide bonds. The summed E-state index contributed by atoms with van der Waals surface area (Å²) < 4.78 is 6.29. The zero-order chi connectivity index (χ0) is 21.1. The number of pyridine rings is 1. The zero-order valence-corrected chi connectivity index (χ0v) is 17.1. The lowest BCUT2D eigenvalue weighted by Gasteiger charge is -2.15. The van der Waals surface area contributed by atoms with Gasteiger partial charge in [-0.15, -0.1) is 0 Å². The number of thioether (sulfide) groups is 1. The molecule has 0 fully saturated rings. The highest BCUT2D eigenvalue weighted by molar-refractivity contribution is 7.98. The number of carbonyl (C=O) groups is 1. The van der Waals surface area contributed by atoms with Crippen LogP contribution in [0.2, 0.25) is 0 Å². The van der Waals surface area contributed by atoms with Crippen LogP contribution in [0.5, 0.6) is 11.6 Å². The van der Waals surface area contributed by atoms with Crippen molar-refractivity contribution in [2.24, 2.45) is 0 Å². The third kappa shape index (κ3) is 3.90. The zero-order valence-electron chi connectivity index (χ0n) is 16.3. The standard InChI is InChI=1S/C22H18N4O3S/c1-13-8-9-14-15(5-3-7-17(14)26-22(27)28)19(13)29-20-16(6-4-11-23-20)18-10-12-24-21(25-18)30-2/h3-12,26H,1-2H3,(H,27,28). The Kier molecular flexibility index (Phi) is 5.49. The Morgan fingerprint density at radius 2 is 1.90 bits per heavy atom. The molecule has 0 unspecified atom stereocenters. The van der Waals surface area contributed by atoms with Crippen molar-refractivity contribution >= 4 is 34.3 Å². The van der Waals surface area contributed by atoms with E-state index in [4.69, 9.17) is 9.84 Å². The number of benzene rings is 2. The molecule has 4 aromatic rings. The van der Waals surface area contributed by atoms with Gasteiger partial charge >= 0.3 is 6.09 Å². The molecule has 7 nitrogen and oxygen atoms in total. The Balaban J connectivity index is 1.82. The van der Waals surface area contributed by atoms with Crippen molar-refractivity contribution in [3.63, 3.8) is 0 Å². The minimum atomic E-state index is -1.12. The maximum Gasteiger partial charge on any atom is 0.409 e. The highest BCUT2D eigenvalue weighted by Crippen LogP contribution is 2.38. The largest absolute Gasteiger partial charge is 0.465 e. The van der Waals surface area contributed by atoms with Crippen LogP contribution in [0, 0.1) is 6.92 Å². The number of fused-ring (bicyclic) bond motifs is 1. The van der Waals surface area contributed by atoms with Gasteiger partial charge in [0, 0.05) is 23.2 Å². The fourth-order valence-corrected chi connectivity index (χ4v) is 3.51. The number of hydrogen-bond acceptors (Lipinski definition) is 6. The molecule has 0 aliphatic carbocycles. The van der Waals surface area contributed by atoms with Crippen LogP contribution in [0.25, 0.3) is 22.0 Å². The van der Waals surface area contributed by atoms with E-state index in [1.807, 2.05) is 49.6 Å². The van der Waals surface area contributed by atoms with Crippen molar-refractivity contribution < 1.29 is 14.6 Å². The molecule has 0 saturated heterocycles. The van der Waals surface area contributed by atoms with Gasteiger partial charge in [-0.2, -0.15) is 0 Å². The van der Waals surface area contributed by atoms with Gasteiger partial charge in [-0.25, -0.2) is 19.7 Å². The van der Waals surface area contributed by atoms with Crippen molar-refractivity contribution in [3.8, 4) is 22.9 Å². The van der Waals surface area contributed by atoms with E-state index in [2.05, 4.69) is 20.3 Å². The first kappa shape index (κ1) is 19.7. The maximum absolute atomic E-state index is 11.1. The first-order valence-corrected chi connectivity index (χ1v) is 10.3. The molecule has 0 spiro atoms. The van der Waals surface area contributed by atoms with E-state index < -0.39 is 6.09 Å². The quantitative estimate of drug-likeness (QED) is 0.321. The van der Waals surface area contributed by atoms with Gasteiger partial charge in [-0.3, -0.25) is 5.32 Å². The number of anilines is 1. The summed E-state index contributed by atoms with van der Waals surface area (Å²) in [5.41, 5.74) is 2.85. The van der Waals surface area contributed by atoms with Crippen molar-refractivity contribution in [1.82, 2.24) is 15.0 Å². The smallest absolute Gasteiger partial charge is 0.409 e.